The fourth-order valence-corrected chi connectivity index (χ4v) is 2.38. The standard InChI is InChI=1S/C16H16O5/c1-9(2)20-8-12-10-4-5-13(17)21-15(10)16(18-3)14-11(12)6-7-19-14/h4-7,9H,8H2,1-3H3. The molecular weight excluding hydrogens is 272 g/mol. The fraction of sp³-hybridized carbons (Fsp3) is 0.312. The highest BCUT2D eigenvalue weighted by molar-refractivity contribution is 6.03. The van der Waals surface area contributed by atoms with Crippen LogP contribution in [0.2, 0.25) is 0 Å². The molecule has 0 fully saturated rings. The topological polar surface area (TPSA) is 61.8 Å². The van der Waals surface area contributed by atoms with Crippen LogP contribution in [0.5, 0.6) is 5.75 Å². The zero-order valence-electron chi connectivity index (χ0n) is 12.1. The van der Waals surface area contributed by atoms with Crippen LogP contribution in [0.15, 0.2) is 38.1 Å². The summed E-state index contributed by atoms with van der Waals surface area (Å²) < 4.78 is 21.9. The summed E-state index contributed by atoms with van der Waals surface area (Å²) in [5, 5.41) is 1.69. The second-order valence-electron chi connectivity index (χ2n) is 5.03. The van der Waals surface area contributed by atoms with Gasteiger partial charge in [0.2, 0.25) is 5.75 Å². The van der Waals surface area contributed by atoms with Crippen LogP contribution in [0.4, 0.5) is 0 Å². The van der Waals surface area contributed by atoms with Gasteiger partial charge in [0, 0.05) is 22.4 Å². The summed E-state index contributed by atoms with van der Waals surface area (Å²) in [6.45, 7) is 4.35. The number of ether oxygens (including phenoxy) is 2. The Morgan fingerprint density at radius 2 is 1.90 bits per heavy atom. The van der Waals surface area contributed by atoms with Crippen molar-refractivity contribution in [3.8, 4) is 5.75 Å². The molecule has 0 aliphatic carbocycles. The first-order valence-electron chi connectivity index (χ1n) is 6.73. The molecule has 110 valence electrons. The van der Waals surface area contributed by atoms with Crippen molar-refractivity contribution in [2.24, 2.45) is 0 Å². The van der Waals surface area contributed by atoms with Crippen molar-refractivity contribution >= 4 is 21.9 Å². The molecule has 0 aliphatic rings. The van der Waals surface area contributed by atoms with Crippen molar-refractivity contribution in [3.05, 3.63) is 40.4 Å². The van der Waals surface area contributed by atoms with E-state index < -0.39 is 5.63 Å². The smallest absolute Gasteiger partial charge is 0.336 e. The third-order valence-corrected chi connectivity index (χ3v) is 3.33. The lowest BCUT2D eigenvalue weighted by molar-refractivity contribution is 0.0670. The van der Waals surface area contributed by atoms with Gasteiger partial charge < -0.3 is 18.3 Å². The van der Waals surface area contributed by atoms with Crippen molar-refractivity contribution in [3.63, 3.8) is 0 Å². The maximum atomic E-state index is 11.5. The van der Waals surface area contributed by atoms with Crippen molar-refractivity contribution in [1.29, 1.82) is 0 Å². The monoisotopic (exact) mass is 288 g/mol. The minimum atomic E-state index is -0.428. The Bertz CT molecular complexity index is 841. The quantitative estimate of drug-likeness (QED) is 0.688. The highest BCUT2D eigenvalue weighted by atomic mass is 16.5. The van der Waals surface area contributed by atoms with Crippen LogP contribution >= 0.6 is 0 Å². The molecule has 5 nitrogen and oxygen atoms in total. The van der Waals surface area contributed by atoms with Gasteiger partial charge in [0.25, 0.3) is 0 Å². The summed E-state index contributed by atoms with van der Waals surface area (Å²) in [5.41, 5.74) is 1.44. The molecule has 2 heterocycles. The third-order valence-electron chi connectivity index (χ3n) is 3.33. The fourth-order valence-electron chi connectivity index (χ4n) is 2.38. The van der Waals surface area contributed by atoms with Gasteiger partial charge in [-0.3, -0.25) is 0 Å². The zero-order chi connectivity index (χ0) is 15.0. The van der Waals surface area contributed by atoms with Gasteiger partial charge in [0.05, 0.1) is 26.1 Å². The Morgan fingerprint density at radius 3 is 2.62 bits per heavy atom. The lowest BCUT2D eigenvalue weighted by atomic mass is 10.0. The highest BCUT2D eigenvalue weighted by Gasteiger charge is 2.19. The van der Waals surface area contributed by atoms with E-state index in [2.05, 4.69) is 0 Å². The van der Waals surface area contributed by atoms with Crippen LogP contribution in [0.3, 0.4) is 0 Å². The molecule has 3 rings (SSSR count). The molecule has 0 saturated carbocycles. The largest absolute Gasteiger partial charge is 0.490 e. The molecule has 3 aromatic rings. The van der Waals surface area contributed by atoms with E-state index in [4.69, 9.17) is 18.3 Å². The molecule has 5 heteroatoms. The van der Waals surface area contributed by atoms with E-state index in [-0.39, 0.29) is 6.10 Å². The molecule has 0 unspecified atom stereocenters. The van der Waals surface area contributed by atoms with Gasteiger partial charge in [0.15, 0.2) is 11.2 Å². The van der Waals surface area contributed by atoms with Crippen molar-refractivity contribution in [1.82, 2.24) is 0 Å². The predicted octanol–water partition coefficient (Wildman–Crippen LogP) is 3.47. The van der Waals surface area contributed by atoms with E-state index in [1.807, 2.05) is 19.9 Å². The molecule has 0 radical (unpaired) electrons. The second-order valence-corrected chi connectivity index (χ2v) is 5.03. The minimum Gasteiger partial charge on any atom is -0.490 e. The Morgan fingerprint density at radius 1 is 1.14 bits per heavy atom. The number of rotatable bonds is 4. The zero-order valence-corrected chi connectivity index (χ0v) is 12.1. The molecule has 0 amide bonds. The summed E-state index contributed by atoms with van der Waals surface area (Å²) in [4.78, 5) is 11.5. The van der Waals surface area contributed by atoms with Crippen molar-refractivity contribution < 1.29 is 18.3 Å². The third kappa shape index (κ3) is 2.29. The van der Waals surface area contributed by atoms with Gasteiger partial charge in [-0.1, -0.05) is 0 Å². The molecule has 21 heavy (non-hydrogen) atoms. The van der Waals surface area contributed by atoms with E-state index in [1.54, 1.807) is 12.3 Å². The van der Waals surface area contributed by atoms with Crippen LogP contribution < -0.4 is 10.4 Å². The van der Waals surface area contributed by atoms with Crippen LogP contribution in [-0.4, -0.2) is 13.2 Å². The summed E-state index contributed by atoms with van der Waals surface area (Å²) in [7, 11) is 1.52. The van der Waals surface area contributed by atoms with E-state index in [9.17, 15) is 4.79 Å². The first-order valence-corrected chi connectivity index (χ1v) is 6.73. The van der Waals surface area contributed by atoms with Gasteiger partial charge in [-0.05, 0) is 26.0 Å². The molecule has 0 saturated heterocycles. The minimum absolute atomic E-state index is 0.0971. The molecule has 0 N–H and O–H groups in total. The number of hydrogen-bond donors (Lipinski definition) is 0. The molecule has 0 aliphatic heterocycles. The normalized spacial score (nSPS) is 11.6. The van der Waals surface area contributed by atoms with E-state index in [1.165, 1.54) is 13.2 Å². The van der Waals surface area contributed by atoms with Gasteiger partial charge in [-0.15, -0.1) is 0 Å². The molecule has 1 aromatic carbocycles. The summed E-state index contributed by atoms with van der Waals surface area (Å²) in [6, 6.07) is 4.99. The summed E-state index contributed by atoms with van der Waals surface area (Å²) in [6.07, 6.45) is 1.68. The second kappa shape index (κ2) is 5.26. The Kier molecular flexibility index (Phi) is 3.43. The maximum Gasteiger partial charge on any atom is 0.336 e. The van der Waals surface area contributed by atoms with E-state index in [0.717, 1.165) is 16.3 Å². The number of fused-ring (bicyclic) bond motifs is 2. The van der Waals surface area contributed by atoms with Gasteiger partial charge in [-0.2, -0.15) is 0 Å². The Balaban J connectivity index is 2.36. The van der Waals surface area contributed by atoms with Crippen LogP contribution in [-0.2, 0) is 11.3 Å². The van der Waals surface area contributed by atoms with Crippen molar-refractivity contribution in [2.75, 3.05) is 7.11 Å². The van der Waals surface area contributed by atoms with Gasteiger partial charge >= 0.3 is 5.63 Å². The van der Waals surface area contributed by atoms with Gasteiger partial charge in [-0.25, -0.2) is 4.79 Å². The first kappa shape index (κ1) is 13.7. The molecule has 0 bridgehead atoms. The van der Waals surface area contributed by atoms with Crippen LogP contribution in [0.1, 0.15) is 19.4 Å². The highest BCUT2D eigenvalue weighted by Crippen LogP contribution is 2.38. The first-order chi connectivity index (χ1) is 10.1. The SMILES string of the molecule is COc1c2occc2c(COC(C)C)c2ccc(=O)oc12. The summed E-state index contributed by atoms with van der Waals surface area (Å²) >= 11 is 0. The molecule has 0 spiro atoms. The van der Waals surface area contributed by atoms with Crippen LogP contribution in [0, 0.1) is 0 Å². The average Bonchev–Trinajstić information content (AvgIpc) is 2.92. The average molecular weight is 288 g/mol. The van der Waals surface area contributed by atoms with E-state index in [0.29, 0.717) is 23.5 Å². The lowest BCUT2D eigenvalue weighted by Crippen LogP contribution is -2.04. The van der Waals surface area contributed by atoms with E-state index >= 15 is 0 Å². The number of methoxy groups -OCH3 is 1. The predicted molar refractivity (Wildman–Crippen MR) is 78.7 cm³/mol. The lowest BCUT2D eigenvalue weighted by Gasteiger charge is -2.13. The number of benzene rings is 1. The van der Waals surface area contributed by atoms with Crippen molar-refractivity contribution in [2.45, 2.75) is 26.6 Å². The Hall–Kier alpha value is -2.27. The number of hydrogen-bond acceptors (Lipinski definition) is 5. The number of furan rings is 1. The molecule has 0 atom stereocenters. The maximum absolute atomic E-state index is 11.5. The molecular formula is C16H16O5. The molecule has 2 aromatic heterocycles. The Labute approximate surface area is 121 Å². The summed E-state index contributed by atoms with van der Waals surface area (Å²) in [5.74, 6) is 0.427. The van der Waals surface area contributed by atoms with Gasteiger partial charge in [0.1, 0.15) is 0 Å². The van der Waals surface area contributed by atoms with Crippen LogP contribution in [0.25, 0.3) is 21.9 Å².